The molecule has 0 atom stereocenters. The van der Waals surface area contributed by atoms with Gasteiger partial charge in [0.05, 0.1) is 16.3 Å². The zero-order chi connectivity index (χ0) is 14.4. The maximum atomic E-state index is 10.6. The highest BCUT2D eigenvalue weighted by atomic mass is 35.5. The van der Waals surface area contributed by atoms with Gasteiger partial charge in [-0.2, -0.15) is 5.10 Å². The van der Waals surface area contributed by atoms with Crippen LogP contribution in [0.15, 0.2) is 17.2 Å². The Labute approximate surface area is 119 Å². The average molecular weight is 305 g/mol. The maximum Gasteiger partial charge on any atom is 0.341 e. The van der Waals surface area contributed by atoms with Gasteiger partial charge >= 0.3 is 5.97 Å². The molecule has 0 aliphatic heterocycles. The number of hydrazone groups is 1. The van der Waals surface area contributed by atoms with E-state index in [2.05, 4.69) is 10.5 Å². The number of amides is 1. The number of rotatable bonds is 5. The maximum absolute atomic E-state index is 10.6. The molecule has 1 aromatic rings. The van der Waals surface area contributed by atoms with E-state index in [9.17, 15) is 9.59 Å². The predicted molar refractivity (Wildman–Crippen MR) is 71.0 cm³/mol. The number of hydrogen-bond donors (Lipinski definition) is 2. The molecular formula is C11H10Cl2N2O4. The van der Waals surface area contributed by atoms with Gasteiger partial charge in [-0.1, -0.05) is 23.2 Å². The van der Waals surface area contributed by atoms with Crippen LogP contribution >= 0.6 is 23.2 Å². The lowest BCUT2D eigenvalue weighted by atomic mass is 10.2. The molecule has 0 radical (unpaired) electrons. The number of ether oxygens (including phenoxy) is 1. The van der Waals surface area contributed by atoms with Crippen molar-refractivity contribution in [3.8, 4) is 5.75 Å². The molecule has 0 saturated heterocycles. The van der Waals surface area contributed by atoms with Gasteiger partial charge in [0.15, 0.2) is 12.4 Å². The summed E-state index contributed by atoms with van der Waals surface area (Å²) in [7, 11) is 0. The van der Waals surface area contributed by atoms with E-state index >= 15 is 0 Å². The van der Waals surface area contributed by atoms with Gasteiger partial charge < -0.3 is 9.84 Å². The first-order valence-corrected chi connectivity index (χ1v) is 5.79. The fourth-order valence-electron chi connectivity index (χ4n) is 1.12. The Balaban J connectivity index is 2.87. The monoisotopic (exact) mass is 304 g/mol. The summed E-state index contributed by atoms with van der Waals surface area (Å²) in [6.45, 7) is 0.777. The zero-order valence-corrected chi connectivity index (χ0v) is 11.3. The van der Waals surface area contributed by atoms with Crippen molar-refractivity contribution in [2.75, 3.05) is 6.61 Å². The summed E-state index contributed by atoms with van der Waals surface area (Å²) in [5, 5.41) is 12.5. The summed E-state index contributed by atoms with van der Waals surface area (Å²) in [5.41, 5.74) is 2.76. The Kier molecular flexibility index (Phi) is 5.59. The van der Waals surface area contributed by atoms with E-state index in [1.807, 2.05) is 0 Å². The number of aliphatic carboxylic acids is 1. The van der Waals surface area contributed by atoms with Crippen molar-refractivity contribution in [2.45, 2.75) is 6.92 Å². The quantitative estimate of drug-likeness (QED) is 0.642. The lowest BCUT2D eigenvalue weighted by Crippen LogP contribution is -2.12. The second-order valence-corrected chi connectivity index (χ2v) is 4.24. The number of carbonyl (C=O) groups is 2. The molecule has 0 fully saturated rings. The topological polar surface area (TPSA) is 88.0 Å². The van der Waals surface area contributed by atoms with Crippen LogP contribution in [0.1, 0.15) is 12.5 Å². The van der Waals surface area contributed by atoms with E-state index in [1.165, 1.54) is 25.3 Å². The van der Waals surface area contributed by atoms with E-state index in [0.29, 0.717) is 5.56 Å². The molecule has 0 aliphatic carbocycles. The fourth-order valence-corrected chi connectivity index (χ4v) is 1.74. The smallest absolute Gasteiger partial charge is 0.341 e. The molecule has 0 unspecified atom stereocenters. The van der Waals surface area contributed by atoms with Gasteiger partial charge in [0.2, 0.25) is 5.91 Å². The largest absolute Gasteiger partial charge is 0.479 e. The highest BCUT2D eigenvalue weighted by molar-refractivity contribution is 6.37. The standard InChI is InChI=1S/C11H10Cl2N2O4/c1-6(16)15-14-4-7-2-8(12)11(9(13)3-7)19-5-10(17)18/h2-4H,5H2,1H3,(H,15,16)(H,17,18)/b14-4-. The summed E-state index contributed by atoms with van der Waals surface area (Å²) in [4.78, 5) is 21.0. The Hall–Kier alpha value is -1.79. The van der Waals surface area contributed by atoms with Crippen LogP contribution in [-0.4, -0.2) is 29.8 Å². The second kappa shape index (κ2) is 6.96. The van der Waals surface area contributed by atoms with E-state index in [-0.39, 0.29) is 21.7 Å². The minimum Gasteiger partial charge on any atom is -0.479 e. The highest BCUT2D eigenvalue weighted by Crippen LogP contribution is 2.33. The Morgan fingerprint density at radius 3 is 2.47 bits per heavy atom. The molecule has 1 aromatic carbocycles. The summed E-state index contributed by atoms with van der Waals surface area (Å²) in [5.74, 6) is -1.36. The summed E-state index contributed by atoms with van der Waals surface area (Å²) < 4.78 is 4.95. The lowest BCUT2D eigenvalue weighted by molar-refractivity contribution is -0.139. The molecule has 8 heteroatoms. The Morgan fingerprint density at radius 2 is 2.00 bits per heavy atom. The van der Waals surface area contributed by atoms with Gasteiger partial charge in [-0.15, -0.1) is 0 Å². The second-order valence-electron chi connectivity index (χ2n) is 3.42. The molecule has 0 aromatic heterocycles. The summed E-state index contributed by atoms with van der Waals surface area (Å²) in [6, 6.07) is 2.96. The van der Waals surface area contributed by atoms with Crippen molar-refractivity contribution < 1.29 is 19.4 Å². The molecule has 0 aliphatic rings. The third-order valence-electron chi connectivity index (χ3n) is 1.80. The lowest BCUT2D eigenvalue weighted by Gasteiger charge is -2.08. The van der Waals surface area contributed by atoms with Gasteiger partial charge in [0, 0.05) is 6.92 Å². The number of carbonyl (C=O) groups excluding carboxylic acids is 1. The van der Waals surface area contributed by atoms with Crippen LogP contribution in [0.5, 0.6) is 5.75 Å². The van der Waals surface area contributed by atoms with E-state index in [0.717, 1.165) is 0 Å². The first-order valence-electron chi connectivity index (χ1n) is 5.03. The van der Waals surface area contributed by atoms with E-state index in [4.69, 9.17) is 33.0 Å². The number of carboxylic acids is 1. The number of halogens is 2. The molecule has 6 nitrogen and oxygen atoms in total. The number of carboxylic acid groups (broad SMARTS) is 1. The normalized spacial score (nSPS) is 10.5. The van der Waals surface area contributed by atoms with Crippen molar-refractivity contribution in [2.24, 2.45) is 5.10 Å². The van der Waals surface area contributed by atoms with E-state index in [1.54, 1.807) is 0 Å². The molecule has 0 heterocycles. The molecule has 1 amide bonds. The minimum atomic E-state index is -1.14. The highest BCUT2D eigenvalue weighted by Gasteiger charge is 2.10. The molecule has 1 rings (SSSR count). The first kappa shape index (κ1) is 15.3. The SMILES string of the molecule is CC(=O)N/N=C\c1cc(Cl)c(OCC(=O)O)c(Cl)c1. The average Bonchev–Trinajstić information content (AvgIpc) is 2.26. The van der Waals surface area contributed by atoms with Gasteiger partial charge in [-0.3, -0.25) is 4.79 Å². The van der Waals surface area contributed by atoms with Crippen LogP contribution in [0.25, 0.3) is 0 Å². The third kappa shape index (κ3) is 5.15. The zero-order valence-electron chi connectivity index (χ0n) is 9.81. The van der Waals surface area contributed by atoms with Crippen LogP contribution in [0.3, 0.4) is 0 Å². The van der Waals surface area contributed by atoms with E-state index < -0.39 is 12.6 Å². The van der Waals surface area contributed by atoms with Crippen LogP contribution in [-0.2, 0) is 9.59 Å². The Bertz CT molecular complexity index is 508. The number of hydrogen-bond acceptors (Lipinski definition) is 4. The van der Waals surface area contributed by atoms with Crippen LogP contribution in [0.2, 0.25) is 10.0 Å². The molecule has 0 bridgehead atoms. The number of nitrogens with one attached hydrogen (secondary N) is 1. The van der Waals surface area contributed by atoms with Gasteiger partial charge in [0.1, 0.15) is 0 Å². The molecule has 0 spiro atoms. The number of benzene rings is 1. The van der Waals surface area contributed by atoms with Crippen molar-refractivity contribution >= 4 is 41.3 Å². The van der Waals surface area contributed by atoms with Crippen LogP contribution in [0.4, 0.5) is 0 Å². The van der Waals surface area contributed by atoms with Gasteiger partial charge in [-0.05, 0) is 17.7 Å². The van der Waals surface area contributed by atoms with Crippen molar-refractivity contribution in [3.05, 3.63) is 27.7 Å². The van der Waals surface area contributed by atoms with Crippen molar-refractivity contribution in [1.82, 2.24) is 5.43 Å². The number of nitrogens with zero attached hydrogens (tertiary/aromatic N) is 1. The van der Waals surface area contributed by atoms with Gasteiger partial charge in [-0.25, -0.2) is 10.2 Å². The van der Waals surface area contributed by atoms with Crippen molar-refractivity contribution in [3.63, 3.8) is 0 Å². The molecule has 19 heavy (non-hydrogen) atoms. The summed E-state index contributed by atoms with van der Waals surface area (Å²) >= 11 is 11.8. The molecule has 0 saturated carbocycles. The molecule has 2 N–H and O–H groups in total. The van der Waals surface area contributed by atoms with Crippen molar-refractivity contribution in [1.29, 1.82) is 0 Å². The fraction of sp³-hybridized carbons (Fsp3) is 0.182. The first-order chi connectivity index (χ1) is 8.90. The minimum absolute atomic E-state index is 0.0856. The van der Waals surface area contributed by atoms with Crippen LogP contribution in [0, 0.1) is 0 Å². The third-order valence-corrected chi connectivity index (χ3v) is 2.36. The molecule has 102 valence electrons. The van der Waals surface area contributed by atoms with Gasteiger partial charge in [0.25, 0.3) is 0 Å². The predicted octanol–water partition coefficient (Wildman–Crippen LogP) is 1.93. The molecular weight excluding hydrogens is 295 g/mol. The van der Waals surface area contributed by atoms with Crippen LogP contribution < -0.4 is 10.2 Å². The summed E-state index contributed by atoms with van der Waals surface area (Å²) in [6.07, 6.45) is 1.35. The Morgan fingerprint density at radius 1 is 1.42 bits per heavy atom.